The van der Waals surface area contributed by atoms with Crippen LogP contribution < -0.4 is 4.74 Å². The van der Waals surface area contributed by atoms with Gasteiger partial charge in [-0.2, -0.15) is 0 Å². The van der Waals surface area contributed by atoms with Crippen LogP contribution in [0.4, 0.5) is 8.78 Å². The van der Waals surface area contributed by atoms with Crippen molar-refractivity contribution in [3.8, 4) is 27.6 Å². The van der Waals surface area contributed by atoms with Crippen LogP contribution >= 0.6 is 22.9 Å². The molecule has 7 rings (SSSR count). The molecule has 0 bridgehead atoms. The predicted molar refractivity (Wildman–Crippen MR) is 170 cm³/mol. The van der Waals surface area contributed by atoms with Crippen LogP contribution in [0.15, 0.2) is 79.0 Å². The van der Waals surface area contributed by atoms with Crippen LogP contribution in [-0.2, 0) is 24.3 Å². The van der Waals surface area contributed by atoms with E-state index in [-0.39, 0.29) is 47.4 Å². The van der Waals surface area contributed by atoms with Crippen LogP contribution in [0.25, 0.3) is 32.7 Å². The van der Waals surface area contributed by atoms with Gasteiger partial charge in [-0.15, -0.1) is 11.3 Å². The summed E-state index contributed by atoms with van der Waals surface area (Å²) in [5.41, 5.74) is 2.60. The van der Waals surface area contributed by atoms with Gasteiger partial charge in [0.1, 0.15) is 29.1 Å². The Morgan fingerprint density at radius 2 is 1.89 bits per heavy atom. The highest BCUT2D eigenvalue weighted by molar-refractivity contribution is 7.15. The van der Waals surface area contributed by atoms with Gasteiger partial charge in [-0.25, -0.2) is 28.5 Å². The van der Waals surface area contributed by atoms with Gasteiger partial charge >= 0.3 is 5.97 Å². The number of ether oxygens (including phenoxy) is 2. The predicted octanol–water partition coefficient (Wildman–Crippen LogP) is 7.81. The molecule has 3 aromatic heterocycles. The van der Waals surface area contributed by atoms with Crippen molar-refractivity contribution < 1.29 is 28.2 Å². The lowest BCUT2D eigenvalue weighted by atomic mass is 10.0. The van der Waals surface area contributed by atoms with Crippen LogP contribution in [0.1, 0.15) is 33.2 Å². The number of halogens is 3. The van der Waals surface area contributed by atoms with Gasteiger partial charge < -0.3 is 19.1 Å². The third kappa shape index (κ3) is 6.21. The molecule has 1 aliphatic heterocycles. The van der Waals surface area contributed by atoms with E-state index in [1.807, 2.05) is 28.8 Å². The van der Waals surface area contributed by atoms with Crippen LogP contribution in [0.2, 0.25) is 5.02 Å². The summed E-state index contributed by atoms with van der Waals surface area (Å²) in [5, 5.41) is 10.9. The largest absolute Gasteiger partial charge is 0.478 e. The number of aromatic carboxylic acids is 1. The monoisotopic (exact) mass is 658 g/mol. The second kappa shape index (κ2) is 12.6. The van der Waals surface area contributed by atoms with E-state index >= 15 is 8.78 Å². The Hall–Kier alpha value is -4.71. The molecule has 0 amide bonds. The maximum atomic E-state index is 15.6. The summed E-state index contributed by atoms with van der Waals surface area (Å²) < 4.78 is 44.4. The second-order valence-corrected chi connectivity index (χ2v) is 12.4. The molecular formula is C34H25ClF2N4O4S. The van der Waals surface area contributed by atoms with Crippen molar-refractivity contribution in [2.24, 2.45) is 0 Å². The number of aromatic nitrogens is 4. The summed E-state index contributed by atoms with van der Waals surface area (Å²) >= 11 is 7.46. The minimum atomic E-state index is -1.06. The van der Waals surface area contributed by atoms with Crippen molar-refractivity contribution >= 4 is 39.9 Å². The number of carboxylic acids is 1. The summed E-state index contributed by atoms with van der Waals surface area (Å²) in [5.74, 6) is -1.60. The van der Waals surface area contributed by atoms with Crippen molar-refractivity contribution in [3.63, 3.8) is 0 Å². The molecule has 0 unspecified atom stereocenters. The Morgan fingerprint density at radius 3 is 2.65 bits per heavy atom. The molecule has 0 radical (unpaired) electrons. The van der Waals surface area contributed by atoms with Gasteiger partial charge in [0.2, 0.25) is 5.88 Å². The van der Waals surface area contributed by atoms with Crippen molar-refractivity contribution in [1.82, 2.24) is 19.5 Å². The number of hydrogen-bond acceptors (Lipinski definition) is 7. The van der Waals surface area contributed by atoms with Gasteiger partial charge in [-0.3, -0.25) is 0 Å². The number of fused-ring (bicyclic) bond motifs is 1. The number of nitrogens with zero attached hydrogens (tertiary/aromatic N) is 4. The fourth-order valence-electron chi connectivity index (χ4n) is 5.27. The Bertz CT molecular complexity index is 2080. The number of hydrogen-bond donors (Lipinski definition) is 1. The van der Waals surface area contributed by atoms with Crippen LogP contribution in [0, 0.1) is 11.6 Å². The number of pyridine rings is 1. The zero-order chi connectivity index (χ0) is 31.8. The molecule has 1 N–H and O–H groups in total. The Balaban J connectivity index is 1.10. The zero-order valence-corrected chi connectivity index (χ0v) is 25.7. The topological polar surface area (TPSA) is 99.4 Å². The first-order chi connectivity index (χ1) is 22.3. The summed E-state index contributed by atoms with van der Waals surface area (Å²) in [4.78, 5) is 26.0. The van der Waals surface area contributed by atoms with E-state index in [1.54, 1.807) is 36.5 Å². The first-order valence-corrected chi connectivity index (χ1v) is 15.6. The Labute approximate surface area is 270 Å². The number of rotatable bonds is 10. The summed E-state index contributed by atoms with van der Waals surface area (Å²) in [6.07, 6.45) is 2.55. The van der Waals surface area contributed by atoms with Gasteiger partial charge in [0.15, 0.2) is 0 Å². The number of benzene rings is 3. The van der Waals surface area contributed by atoms with E-state index in [1.165, 1.54) is 17.4 Å². The highest BCUT2D eigenvalue weighted by Gasteiger charge is 2.24. The first-order valence-electron chi connectivity index (χ1n) is 14.4. The lowest BCUT2D eigenvalue weighted by molar-refractivity contribution is -0.0589. The number of carboxylic acid groups (broad SMARTS) is 1. The van der Waals surface area contributed by atoms with Gasteiger partial charge in [-0.05, 0) is 66.1 Å². The second-order valence-electron chi connectivity index (χ2n) is 10.8. The average molecular weight is 659 g/mol. The van der Waals surface area contributed by atoms with Gasteiger partial charge in [-0.1, -0.05) is 29.8 Å². The van der Waals surface area contributed by atoms with Gasteiger partial charge in [0.25, 0.3) is 0 Å². The molecule has 1 atom stereocenters. The number of imidazole rings is 1. The minimum absolute atomic E-state index is 0.00472. The van der Waals surface area contributed by atoms with Crippen molar-refractivity contribution in [3.05, 3.63) is 118 Å². The zero-order valence-electron chi connectivity index (χ0n) is 24.1. The van der Waals surface area contributed by atoms with E-state index < -0.39 is 17.6 Å². The molecule has 0 saturated carbocycles. The third-order valence-corrected chi connectivity index (χ3v) is 9.04. The van der Waals surface area contributed by atoms with Crippen LogP contribution in [-0.4, -0.2) is 43.3 Å². The fourth-order valence-corrected chi connectivity index (χ4v) is 6.23. The molecule has 4 heterocycles. The molecule has 1 aliphatic rings. The van der Waals surface area contributed by atoms with Gasteiger partial charge in [0, 0.05) is 35.9 Å². The highest BCUT2D eigenvalue weighted by Crippen LogP contribution is 2.30. The van der Waals surface area contributed by atoms with Crippen LogP contribution in [0.3, 0.4) is 0 Å². The molecule has 0 aliphatic carbocycles. The van der Waals surface area contributed by atoms with E-state index in [0.717, 1.165) is 34.0 Å². The van der Waals surface area contributed by atoms with Crippen molar-refractivity contribution in [2.45, 2.75) is 32.1 Å². The molecule has 1 saturated heterocycles. The lowest BCUT2D eigenvalue weighted by Gasteiger charge is -2.27. The van der Waals surface area contributed by atoms with E-state index in [4.69, 9.17) is 21.1 Å². The quantitative estimate of drug-likeness (QED) is 0.160. The molecule has 1 fully saturated rings. The Kier molecular flexibility index (Phi) is 8.20. The third-order valence-electron chi connectivity index (χ3n) is 7.76. The van der Waals surface area contributed by atoms with Gasteiger partial charge in [0.05, 0.1) is 39.8 Å². The Morgan fingerprint density at radius 1 is 1.07 bits per heavy atom. The summed E-state index contributed by atoms with van der Waals surface area (Å²) in [6, 6.07) is 19.3. The van der Waals surface area contributed by atoms with E-state index in [0.29, 0.717) is 35.0 Å². The summed E-state index contributed by atoms with van der Waals surface area (Å²) in [6.45, 7) is 1.23. The average Bonchev–Trinajstić information content (AvgIpc) is 3.64. The fraction of sp³-hybridized carbons (Fsp3) is 0.176. The molecular weight excluding hydrogens is 634 g/mol. The molecule has 232 valence electrons. The SMILES string of the molecule is O=C(O)c1ccc2nc(Cc3cc(F)c(-c4cccc(OCc5ncc(-c6ccc(Cl)cc6)s5)n4)cc3F)n(C[C@@H]3CCO3)c2c1. The van der Waals surface area contributed by atoms with Crippen molar-refractivity contribution in [1.29, 1.82) is 0 Å². The minimum Gasteiger partial charge on any atom is -0.478 e. The normalized spacial score (nSPS) is 14.4. The standard InChI is InChI=1S/C34H25ClF2N4O4S/c35-22-7-4-19(5-8-22)30-16-38-33(46-30)18-45-32-3-1-2-27(40-32)24-15-25(36)21(12-26(24)37)14-31-39-28-9-6-20(34(42)43)13-29(28)41(31)17-23-10-11-44-23/h1-9,12-13,15-16,23H,10-11,14,17-18H2,(H,42,43)/t23-/m0/s1. The first kappa shape index (κ1) is 30.0. The van der Waals surface area contributed by atoms with E-state index in [2.05, 4.69) is 15.0 Å². The maximum Gasteiger partial charge on any atom is 0.335 e. The lowest BCUT2D eigenvalue weighted by Crippen LogP contribution is -2.31. The van der Waals surface area contributed by atoms with Crippen molar-refractivity contribution in [2.75, 3.05) is 6.61 Å². The molecule has 8 nitrogen and oxygen atoms in total. The number of carbonyl (C=O) groups is 1. The maximum absolute atomic E-state index is 15.6. The summed E-state index contributed by atoms with van der Waals surface area (Å²) in [7, 11) is 0. The molecule has 12 heteroatoms. The highest BCUT2D eigenvalue weighted by atomic mass is 35.5. The van der Waals surface area contributed by atoms with E-state index in [9.17, 15) is 9.90 Å². The smallest absolute Gasteiger partial charge is 0.335 e. The molecule has 46 heavy (non-hydrogen) atoms. The molecule has 0 spiro atoms. The molecule has 3 aromatic carbocycles. The molecule has 6 aromatic rings. The van der Waals surface area contributed by atoms with Crippen LogP contribution in [0.5, 0.6) is 5.88 Å². The number of thiazole rings is 1.